The molecule has 0 heterocycles. The van der Waals surface area contributed by atoms with Gasteiger partial charge in [0.15, 0.2) is 0 Å². The SMILES string of the molecule is OCCC(O)CCCCCCCC(O)CO. The fourth-order valence-corrected chi connectivity index (χ4v) is 1.67. The highest BCUT2D eigenvalue weighted by Gasteiger charge is 2.03. The Labute approximate surface area is 97.9 Å². The molecule has 0 rings (SSSR count). The van der Waals surface area contributed by atoms with Crippen molar-refractivity contribution < 1.29 is 20.4 Å². The first-order valence-corrected chi connectivity index (χ1v) is 6.28. The maximum Gasteiger partial charge on any atom is 0.0770 e. The molecule has 0 aromatic rings. The predicted octanol–water partition coefficient (Wildman–Crippen LogP) is 0.814. The maximum absolute atomic E-state index is 9.34. The topological polar surface area (TPSA) is 80.9 Å². The van der Waals surface area contributed by atoms with Crippen molar-refractivity contribution >= 4 is 0 Å². The third-order valence-electron chi connectivity index (χ3n) is 2.75. The number of aliphatic hydroxyl groups excluding tert-OH is 4. The number of hydrogen-bond donors (Lipinski definition) is 4. The van der Waals surface area contributed by atoms with Crippen LogP contribution in [0.1, 0.15) is 51.4 Å². The third-order valence-corrected chi connectivity index (χ3v) is 2.75. The van der Waals surface area contributed by atoms with E-state index in [0.29, 0.717) is 12.8 Å². The minimum absolute atomic E-state index is 0.0558. The first kappa shape index (κ1) is 15.8. The summed E-state index contributed by atoms with van der Waals surface area (Å²) < 4.78 is 0. The van der Waals surface area contributed by atoms with Gasteiger partial charge >= 0.3 is 0 Å². The molecule has 2 unspecified atom stereocenters. The van der Waals surface area contributed by atoms with E-state index in [1.165, 1.54) is 0 Å². The molecule has 4 N–H and O–H groups in total. The highest BCUT2D eigenvalue weighted by Crippen LogP contribution is 2.10. The van der Waals surface area contributed by atoms with E-state index in [4.69, 9.17) is 15.3 Å². The van der Waals surface area contributed by atoms with Gasteiger partial charge in [0.05, 0.1) is 18.8 Å². The van der Waals surface area contributed by atoms with E-state index in [0.717, 1.165) is 38.5 Å². The number of unbranched alkanes of at least 4 members (excludes halogenated alkanes) is 4. The Kier molecular flexibility index (Phi) is 11.2. The molecule has 0 spiro atoms. The van der Waals surface area contributed by atoms with Crippen LogP contribution in [0.15, 0.2) is 0 Å². The minimum atomic E-state index is -0.564. The van der Waals surface area contributed by atoms with Gasteiger partial charge in [-0.15, -0.1) is 0 Å². The summed E-state index contributed by atoms with van der Waals surface area (Å²) in [6.07, 6.45) is 6.17. The van der Waals surface area contributed by atoms with Crippen LogP contribution in [0.5, 0.6) is 0 Å². The molecule has 0 aromatic carbocycles. The van der Waals surface area contributed by atoms with Crippen LogP contribution in [0, 0.1) is 0 Å². The average molecular weight is 234 g/mol. The maximum atomic E-state index is 9.34. The Balaban J connectivity index is 3.09. The Morgan fingerprint density at radius 1 is 0.625 bits per heavy atom. The summed E-state index contributed by atoms with van der Waals surface area (Å²) in [5.74, 6) is 0. The number of rotatable bonds is 11. The second-order valence-electron chi connectivity index (χ2n) is 4.35. The van der Waals surface area contributed by atoms with Crippen molar-refractivity contribution in [2.75, 3.05) is 13.2 Å². The molecular formula is C12H26O4. The van der Waals surface area contributed by atoms with Crippen LogP contribution < -0.4 is 0 Å². The van der Waals surface area contributed by atoms with E-state index in [1.807, 2.05) is 0 Å². The molecule has 0 aliphatic heterocycles. The predicted molar refractivity (Wildman–Crippen MR) is 63.1 cm³/mol. The van der Waals surface area contributed by atoms with Crippen molar-refractivity contribution in [1.82, 2.24) is 0 Å². The van der Waals surface area contributed by atoms with Crippen LogP contribution in [0.3, 0.4) is 0 Å². The molecule has 0 radical (unpaired) electrons. The summed E-state index contributed by atoms with van der Waals surface area (Å²) >= 11 is 0. The Hall–Kier alpha value is -0.160. The lowest BCUT2D eigenvalue weighted by Gasteiger charge is -2.08. The van der Waals surface area contributed by atoms with E-state index < -0.39 is 6.10 Å². The first-order valence-electron chi connectivity index (χ1n) is 6.28. The van der Waals surface area contributed by atoms with Gasteiger partial charge in [-0.05, 0) is 19.3 Å². The lowest BCUT2D eigenvalue weighted by Crippen LogP contribution is -2.11. The second kappa shape index (κ2) is 11.3. The van der Waals surface area contributed by atoms with E-state index >= 15 is 0 Å². The average Bonchev–Trinajstić information content (AvgIpc) is 2.27. The summed E-state index contributed by atoms with van der Waals surface area (Å²) in [4.78, 5) is 0. The van der Waals surface area contributed by atoms with Crippen LogP contribution in [-0.4, -0.2) is 45.8 Å². The Bertz CT molecular complexity index is 141. The molecule has 0 saturated carbocycles. The summed E-state index contributed by atoms with van der Waals surface area (Å²) in [5.41, 5.74) is 0. The molecule has 0 saturated heterocycles. The van der Waals surface area contributed by atoms with Crippen molar-refractivity contribution in [2.45, 2.75) is 63.6 Å². The fourth-order valence-electron chi connectivity index (χ4n) is 1.67. The lowest BCUT2D eigenvalue weighted by atomic mass is 10.0. The van der Waals surface area contributed by atoms with Gasteiger partial charge in [-0.1, -0.05) is 32.1 Å². The Morgan fingerprint density at radius 2 is 1.12 bits per heavy atom. The molecule has 16 heavy (non-hydrogen) atoms. The van der Waals surface area contributed by atoms with Crippen LogP contribution in [0.2, 0.25) is 0 Å². The van der Waals surface area contributed by atoms with Gasteiger partial charge in [0.1, 0.15) is 0 Å². The van der Waals surface area contributed by atoms with Gasteiger partial charge in [0.2, 0.25) is 0 Å². The smallest absolute Gasteiger partial charge is 0.0770 e. The molecular weight excluding hydrogens is 208 g/mol. The normalized spacial score (nSPS) is 15.0. The molecule has 4 heteroatoms. The van der Waals surface area contributed by atoms with Gasteiger partial charge in [-0.3, -0.25) is 0 Å². The molecule has 0 aliphatic rings. The standard InChI is InChI=1S/C12H26O4/c13-9-8-11(15)6-4-2-1-3-5-7-12(16)10-14/h11-16H,1-10H2. The van der Waals surface area contributed by atoms with Gasteiger partial charge in [0, 0.05) is 6.61 Å². The number of aliphatic hydroxyl groups is 4. The molecule has 0 amide bonds. The van der Waals surface area contributed by atoms with E-state index in [9.17, 15) is 5.11 Å². The molecule has 0 aromatic heterocycles. The molecule has 2 atom stereocenters. The molecule has 0 bridgehead atoms. The molecule has 0 aliphatic carbocycles. The largest absolute Gasteiger partial charge is 0.396 e. The van der Waals surface area contributed by atoms with E-state index in [1.54, 1.807) is 0 Å². The monoisotopic (exact) mass is 234 g/mol. The fraction of sp³-hybridized carbons (Fsp3) is 1.00. The van der Waals surface area contributed by atoms with Crippen LogP contribution in [0.25, 0.3) is 0 Å². The molecule has 4 nitrogen and oxygen atoms in total. The van der Waals surface area contributed by atoms with Gasteiger partial charge in [-0.25, -0.2) is 0 Å². The summed E-state index contributed by atoms with van der Waals surface area (Å²) in [7, 11) is 0. The Morgan fingerprint density at radius 3 is 1.62 bits per heavy atom. The first-order chi connectivity index (χ1) is 7.70. The summed E-state index contributed by atoms with van der Waals surface area (Å²) in [6, 6.07) is 0. The van der Waals surface area contributed by atoms with Crippen molar-refractivity contribution in [2.24, 2.45) is 0 Å². The second-order valence-corrected chi connectivity index (χ2v) is 4.35. The summed E-state index contributed by atoms with van der Waals surface area (Å²) in [6.45, 7) is -0.0897. The summed E-state index contributed by atoms with van der Waals surface area (Å²) in [5, 5.41) is 35.6. The highest BCUT2D eigenvalue weighted by molar-refractivity contribution is 4.56. The van der Waals surface area contributed by atoms with Crippen molar-refractivity contribution in [3.8, 4) is 0 Å². The van der Waals surface area contributed by atoms with Gasteiger partial charge in [-0.2, -0.15) is 0 Å². The zero-order chi connectivity index (χ0) is 12.2. The zero-order valence-corrected chi connectivity index (χ0v) is 10.0. The van der Waals surface area contributed by atoms with Crippen molar-refractivity contribution in [3.63, 3.8) is 0 Å². The highest BCUT2D eigenvalue weighted by atomic mass is 16.3. The number of hydrogen-bond acceptors (Lipinski definition) is 4. The van der Waals surface area contributed by atoms with E-state index in [2.05, 4.69) is 0 Å². The van der Waals surface area contributed by atoms with Gasteiger partial charge in [0.25, 0.3) is 0 Å². The molecule has 0 fully saturated rings. The van der Waals surface area contributed by atoms with E-state index in [-0.39, 0.29) is 19.3 Å². The van der Waals surface area contributed by atoms with Crippen molar-refractivity contribution in [3.05, 3.63) is 0 Å². The third kappa shape index (κ3) is 10.4. The minimum Gasteiger partial charge on any atom is -0.396 e. The quantitative estimate of drug-likeness (QED) is 0.399. The molecule has 98 valence electrons. The van der Waals surface area contributed by atoms with Crippen LogP contribution >= 0.6 is 0 Å². The lowest BCUT2D eigenvalue weighted by molar-refractivity contribution is 0.0859. The van der Waals surface area contributed by atoms with Crippen LogP contribution in [-0.2, 0) is 0 Å². The zero-order valence-electron chi connectivity index (χ0n) is 10.0. The van der Waals surface area contributed by atoms with Crippen LogP contribution in [0.4, 0.5) is 0 Å². The van der Waals surface area contributed by atoms with Crippen molar-refractivity contribution in [1.29, 1.82) is 0 Å². The van der Waals surface area contributed by atoms with Gasteiger partial charge < -0.3 is 20.4 Å².